The van der Waals surface area contributed by atoms with Crippen molar-refractivity contribution in [3.05, 3.63) is 29.9 Å². The Hall–Kier alpha value is -0.900. The second-order valence-corrected chi connectivity index (χ2v) is 2.81. The van der Waals surface area contributed by atoms with Crippen LogP contribution in [0.1, 0.15) is 5.69 Å². The highest BCUT2D eigenvalue weighted by molar-refractivity contribution is 9.09. The van der Waals surface area contributed by atoms with Crippen molar-refractivity contribution < 1.29 is 4.39 Å². The monoisotopic (exact) mass is 230 g/mol. The Morgan fingerprint density at radius 3 is 3.00 bits per heavy atom. The van der Waals surface area contributed by atoms with Crippen molar-refractivity contribution in [2.75, 3.05) is 11.1 Å². The molecule has 64 valence electrons. The minimum absolute atomic E-state index is 0.467. The molecule has 0 aliphatic carbocycles. The summed E-state index contributed by atoms with van der Waals surface area (Å²) < 4.78 is 12.6. The summed E-state index contributed by atoms with van der Waals surface area (Å²) in [6, 6.07) is 2.73. The van der Waals surface area contributed by atoms with E-state index in [0.717, 1.165) is 0 Å². The highest BCUT2D eigenvalue weighted by Crippen LogP contribution is 2.10. The fourth-order valence-corrected chi connectivity index (χ4v) is 0.937. The average Bonchev–Trinajstić information content (AvgIpc) is 2.07. The van der Waals surface area contributed by atoms with Gasteiger partial charge in [-0.05, 0) is 18.2 Å². The van der Waals surface area contributed by atoms with Gasteiger partial charge in [-0.1, -0.05) is 22.0 Å². The number of nitrogens with zero attached hydrogens (tertiary/aromatic N) is 1. The van der Waals surface area contributed by atoms with Crippen LogP contribution in [0.5, 0.6) is 0 Å². The Balaban J connectivity index is 2.97. The number of nitrogen functional groups attached to an aromatic ring is 1. The van der Waals surface area contributed by atoms with Crippen molar-refractivity contribution in [3.8, 4) is 0 Å². The normalized spacial score (nSPS) is 10.8. The maximum Gasteiger partial charge on any atom is 0.213 e. The van der Waals surface area contributed by atoms with E-state index in [2.05, 4.69) is 20.9 Å². The van der Waals surface area contributed by atoms with Crippen LogP contribution in [0.15, 0.2) is 18.2 Å². The van der Waals surface area contributed by atoms with Gasteiger partial charge in [0.25, 0.3) is 0 Å². The summed E-state index contributed by atoms with van der Waals surface area (Å²) in [4.78, 5) is 3.61. The topological polar surface area (TPSA) is 38.9 Å². The standard InChI is InChI=1S/C8H8BrFN2/c9-5-1-2-7-6(11)3-4-8(10)12-7/h1-4H,5,11H2. The zero-order valence-electron chi connectivity index (χ0n) is 6.30. The largest absolute Gasteiger partial charge is 0.397 e. The molecule has 0 atom stereocenters. The molecule has 0 saturated carbocycles. The summed E-state index contributed by atoms with van der Waals surface area (Å²) in [7, 11) is 0. The maximum absolute atomic E-state index is 12.6. The number of anilines is 1. The molecule has 0 aliphatic heterocycles. The van der Waals surface area contributed by atoms with E-state index in [1.165, 1.54) is 12.1 Å². The molecule has 1 rings (SSSR count). The van der Waals surface area contributed by atoms with Gasteiger partial charge in [-0.25, -0.2) is 4.98 Å². The van der Waals surface area contributed by atoms with Crippen LogP contribution in [0, 0.1) is 5.95 Å². The average molecular weight is 231 g/mol. The van der Waals surface area contributed by atoms with E-state index in [-0.39, 0.29) is 0 Å². The molecule has 1 aromatic heterocycles. The van der Waals surface area contributed by atoms with Gasteiger partial charge in [-0.2, -0.15) is 4.39 Å². The van der Waals surface area contributed by atoms with E-state index in [4.69, 9.17) is 5.73 Å². The minimum atomic E-state index is -0.515. The van der Waals surface area contributed by atoms with E-state index >= 15 is 0 Å². The lowest BCUT2D eigenvalue weighted by atomic mass is 10.3. The number of pyridine rings is 1. The third kappa shape index (κ3) is 2.30. The Kier molecular flexibility index (Phi) is 3.22. The number of aromatic nitrogens is 1. The molecule has 2 N–H and O–H groups in total. The van der Waals surface area contributed by atoms with Gasteiger partial charge in [-0.15, -0.1) is 0 Å². The number of nitrogens with two attached hydrogens (primary N) is 1. The maximum atomic E-state index is 12.6. The van der Waals surface area contributed by atoms with Crippen LogP contribution >= 0.6 is 15.9 Å². The molecule has 0 amide bonds. The zero-order chi connectivity index (χ0) is 8.97. The molecule has 0 aliphatic rings. The molecule has 0 unspecified atom stereocenters. The van der Waals surface area contributed by atoms with Gasteiger partial charge >= 0.3 is 0 Å². The number of alkyl halides is 1. The molecule has 1 heterocycles. The summed E-state index contributed by atoms with van der Waals surface area (Å²) in [6.45, 7) is 0. The van der Waals surface area contributed by atoms with Crippen molar-refractivity contribution in [2.45, 2.75) is 0 Å². The fraction of sp³-hybridized carbons (Fsp3) is 0.125. The lowest BCUT2D eigenvalue weighted by molar-refractivity contribution is 0.583. The van der Waals surface area contributed by atoms with Crippen molar-refractivity contribution in [3.63, 3.8) is 0 Å². The van der Waals surface area contributed by atoms with E-state index in [1.54, 1.807) is 12.2 Å². The van der Waals surface area contributed by atoms with Gasteiger partial charge in [-0.3, -0.25) is 0 Å². The Labute approximate surface area is 78.4 Å². The minimum Gasteiger partial charge on any atom is -0.397 e. The molecule has 0 fully saturated rings. The van der Waals surface area contributed by atoms with Gasteiger partial charge in [0, 0.05) is 5.33 Å². The van der Waals surface area contributed by atoms with Crippen LogP contribution in [0.3, 0.4) is 0 Å². The Morgan fingerprint density at radius 1 is 1.58 bits per heavy atom. The summed E-state index contributed by atoms with van der Waals surface area (Å²) >= 11 is 3.20. The Morgan fingerprint density at radius 2 is 2.33 bits per heavy atom. The van der Waals surface area contributed by atoms with Gasteiger partial charge < -0.3 is 5.73 Å². The number of halogens is 2. The first-order valence-electron chi connectivity index (χ1n) is 3.38. The summed E-state index contributed by atoms with van der Waals surface area (Å²) in [5, 5.41) is 0.699. The molecule has 12 heavy (non-hydrogen) atoms. The number of hydrogen-bond donors (Lipinski definition) is 1. The van der Waals surface area contributed by atoms with Crippen molar-refractivity contribution in [2.24, 2.45) is 0 Å². The number of allylic oxidation sites excluding steroid dienone is 1. The van der Waals surface area contributed by atoms with E-state index in [0.29, 0.717) is 16.7 Å². The van der Waals surface area contributed by atoms with Crippen molar-refractivity contribution in [1.82, 2.24) is 4.98 Å². The highest BCUT2D eigenvalue weighted by atomic mass is 79.9. The molecule has 1 aromatic rings. The van der Waals surface area contributed by atoms with Crippen LogP contribution in [-0.2, 0) is 0 Å². The highest BCUT2D eigenvalue weighted by Gasteiger charge is 1.97. The van der Waals surface area contributed by atoms with Crippen LogP contribution in [-0.4, -0.2) is 10.3 Å². The smallest absolute Gasteiger partial charge is 0.213 e. The van der Waals surface area contributed by atoms with Gasteiger partial charge in [0.2, 0.25) is 5.95 Å². The predicted molar refractivity (Wildman–Crippen MR) is 51.4 cm³/mol. The summed E-state index contributed by atoms with van der Waals surface area (Å²) in [6.07, 6.45) is 3.48. The van der Waals surface area contributed by atoms with Gasteiger partial charge in [0.05, 0.1) is 11.4 Å². The lowest BCUT2D eigenvalue weighted by Gasteiger charge is -1.97. The third-order valence-corrected chi connectivity index (χ3v) is 1.66. The van der Waals surface area contributed by atoms with Crippen LogP contribution < -0.4 is 5.73 Å². The lowest BCUT2D eigenvalue weighted by Crippen LogP contribution is -1.94. The van der Waals surface area contributed by atoms with Crippen molar-refractivity contribution in [1.29, 1.82) is 0 Å². The molecule has 0 aromatic carbocycles. The van der Waals surface area contributed by atoms with E-state index in [9.17, 15) is 4.39 Å². The quantitative estimate of drug-likeness (QED) is 0.626. The first-order valence-corrected chi connectivity index (χ1v) is 4.50. The Bertz CT molecular complexity index is 299. The predicted octanol–water partition coefficient (Wildman–Crippen LogP) is 2.21. The summed E-state index contributed by atoms with van der Waals surface area (Å²) in [5.74, 6) is -0.515. The molecule has 4 heteroatoms. The first-order chi connectivity index (χ1) is 5.74. The van der Waals surface area contributed by atoms with Crippen LogP contribution in [0.4, 0.5) is 10.1 Å². The SMILES string of the molecule is Nc1ccc(F)nc1C=CCBr. The zero-order valence-corrected chi connectivity index (χ0v) is 7.88. The van der Waals surface area contributed by atoms with Crippen molar-refractivity contribution >= 4 is 27.7 Å². The fourth-order valence-electron chi connectivity index (χ4n) is 0.750. The second kappa shape index (κ2) is 4.21. The van der Waals surface area contributed by atoms with E-state index < -0.39 is 5.95 Å². The summed E-state index contributed by atoms with van der Waals surface area (Å²) in [5.41, 5.74) is 6.48. The van der Waals surface area contributed by atoms with Gasteiger partial charge in [0.1, 0.15) is 0 Å². The third-order valence-electron chi connectivity index (χ3n) is 1.29. The van der Waals surface area contributed by atoms with Crippen LogP contribution in [0.25, 0.3) is 6.08 Å². The van der Waals surface area contributed by atoms with Gasteiger partial charge in [0.15, 0.2) is 0 Å². The molecule has 0 radical (unpaired) electrons. The van der Waals surface area contributed by atoms with Crippen LogP contribution in [0.2, 0.25) is 0 Å². The number of hydrogen-bond acceptors (Lipinski definition) is 2. The molecular formula is C8H8BrFN2. The molecule has 2 nitrogen and oxygen atoms in total. The molecule has 0 saturated heterocycles. The molecule has 0 spiro atoms. The second-order valence-electron chi connectivity index (χ2n) is 2.17. The number of rotatable bonds is 2. The first kappa shape index (κ1) is 9.19. The van der Waals surface area contributed by atoms with E-state index in [1.807, 2.05) is 0 Å². The molecule has 0 bridgehead atoms. The molecular weight excluding hydrogens is 223 g/mol.